The molecule has 2 N–H and O–H groups in total. The van der Waals surface area contributed by atoms with Crippen LogP contribution in [0.1, 0.15) is 43.4 Å². The van der Waals surface area contributed by atoms with E-state index in [1.807, 2.05) is 26.0 Å². The molecule has 0 radical (unpaired) electrons. The van der Waals surface area contributed by atoms with Gasteiger partial charge in [-0.3, -0.25) is 0 Å². The molecule has 2 aromatic carbocycles. The summed E-state index contributed by atoms with van der Waals surface area (Å²) in [6.07, 6.45) is 7.54. The molecular weight excluding hydrogens is 388 g/mol. The second-order valence-corrected chi connectivity index (χ2v) is 10.4. The van der Waals surface area contributed by atoms with Crippen LogP contribution in [0.15, 0.2) is 64.4 Å². The van der Waals surface area contributed by atoms with Crippen molar-refractivity contribution >= 4 is 27.5 Å². The number of allylic oxidation sites excluding steroid dienone is 2. The van der Waals surface area contributed by atoms with E-state index >= 15 is 0 Å². The number of hydrogen-bond donors (Lipinski definition) is 2. The van der Waals surface area contributed by atoms with E-state index in [0.717, 1.165) is 17.7 Å². The maximum Gasteiger partial charge on any atom is 0.240 e. The Hall–Kier alpha value is -1.76. The van der Waals surface area contributed by atoms with Crippen molar-refractivity contribution in [1.82, 2.24) is 4.72 Å². The zero-order valence-electron chi connectivity index (χ0n) is 16.3. The first-order valence-corrected chi connectivity index (χ1v) is 12.3. The Morgan fingerprint density at radius 3 is 2.57 bits per heavy atom. The van der Waals surface area contributed by atoms with E-state index in [9.17, 15) is 8.42 Å². The summed E-state index contributed by atoms with van der Waals surface area (Å²) in [4.78, 5) is 1.59. The Kier molecular flexibility index (Phi) is 5.29. The summed E-state index contributed by atoms with van der Waals surface area (Å²) in [6.45, 7) is 3.67. The summed E-state index contributed by atoms with van der Waals surface area (Å²) in [5.74, 6) is 0.624. The van der Waals surface area contributed by atoms with E-state index in [1.165, 1.54) is 10.5 Å². The lowest BCUT2D eigenvalue weighted by Crippen LogP contribution is -2.31. The van der Waals surface area contributed by atoms with Gasteiger partial charge < -0.3 is 5.32 Å². The largest absolute Gasteiger partial charge is 0.378 e. The van der Waals surface area contributed by atoms with Gasteiger partial charge in [-0.15, -0.1) is 11.8 Å². The lowest BCUT2D eigenvalue weighted by Gasteiger charge is -2.37. The van der Waals surface area contributed by atoms with Gasteiger partial charge in [0.2, 0.25) is 10.0 Å². The third-order valence-corrected chi connectivity index (χ3v) is 7.91. The molecule has 2 aliphatic rings. The molecule has 0 bridgehead atoms. The van der Waals surface area contributed by atoms with Gasteiger partial charge in [-0.25, -0.2) is 13.1 Å². The number of benzene rings is 2. The topological polar surface area (TPSA) is 58.2 Å². The van der Waals surface area contributed by atoms with E-state index in [2.05, 4.69) is 52.7 Å². The van der Waals surface area contributed by atoms with Crippen LogP contribution >= 0.6 is 11.8 Å². The SMILES string of the molecule is CSc1ccc(C2Nc3ccc(S(=O)(=O)NC(C)C)cc3C3C=CCC32)cc1. The van der Waals surface area contributed by atoms with Crippen LogP contribution in [0.3, 0.4) is 0 Å². The van der Waals surface area contributed by atoms with E-state index < -0.39 is 10.0 Å². The monoisotopic (exact) mass is 414 g/mol. The van der Waals surface area contributed by atoms with Gasteiger partial charge in [-0.05, 0) is 73.9 Å². The summed E-state index contributed by atoms with van der Waals surface area (Å²) in [5.41, 5.74) is 3.37. The normalized spacial score (nSPS) is 23.4. The van der Waals surface area contributed by atoms with Crippen molar-refractivity contribution in [3.63, 3.8) is 0 Å². The van der Waals surface area contributed by atoms with Crippen molar-refractivity contribution in [1.29, 1.82) is 0 Å². The number of sulfonamides is 1. The van der Waals surface area contributed by atoms with Crippen LogP contribution in [0.4, 0.5) is 5.69 Å². The lowest BCUT2D eigenvalue weighted by molar-refractivity contribution is 0.425. The summed E-state index contributed by atoms with van der Waals surface area (Å²) in [7, 11) is -3.50. The highest BCUT2D eigenvalue weighted by Crippen LogP contribution is 2.50. The maximum absolute atomic E-state index is 12.6. The standard InChI is InChI=1S/C22H26N2O2S2/c1-14(2)24-28(25,26)17-11-12-21-20(13-17)18-5-4-6-19(18)22(23-21)15-7-9-16(27-3)10-8-15/h4-5,7-14,18-19,22-24H,6H2,1-3H3. The quantitative estimate of drug-likeness (QED) is 0.538. The van der Waals surface area contributed by atoms with E-state index in [0.29, 0.717) is 10.8 Å². The van der Waals surface area contributed by atoms with E-state index in [-0.39, 0.29) is 18.0 Å². The third kappa shape index (κ3) is 3.61. The van der Waals surface area contributed by atoms with Crippen molar-refractivity contribution in [3.05, 3.63) is 65.7 Å². The molecule has 4 nitrogen and oxygen atoms in total. The smallest absolute Gasteiger partial charge is 0.240 e. The Balaban J connectivity index is 1.70. The lowest BCUT2D eigenvalue weighted by atomic mass is 9.77. The summed E-state index contributed by atoms with van der Waals surface area (Å²) in [6, 6.07) is 14.3. The van der Waals surface area contributed by atoms with Gasteiger partial charge in [0.25, 0.3) is 0 Å². The molecule has 28 heavy (non-hydrogen) atoms. The minimum atomic E-state index is -3.50. The predicted octanol–water partition coefficient (Wildman–Crippen LogP) is 4.92. The average Bonchev–Trinajstić information content (AvgIpc) is 3.16. The van der Waals surface area contributed by atoms with Gasteiger partial charge in [0.15, 0.2) is 0 Å². The second-order valence-electron chi connectivity index (χ2n) is 7.77. The summed E-state index contributed by atoms with van der Waals surface area (Å²) in [5, 5.41) is 3.68. The minimum Gasteiger partial charge on any atom is -0.378 e. The molecule has 0 fully saturated rings. The fraction of sp³-hybridized carbons (Fsp3) is 0.364. The first-order chi connectivity index (χ1) is 13.4. The highest BCUT2D eigenvalue weighted by molar-refractivity contribution is 7.98. The molecule has 6 heteroatoms. The Morgan fingerprint density at radius 1 is 1.14 bits per heavy atom. The summed E-state index contributed by atoms with van der Waals surface area (Å²) < 4.78 is 27.9. The van der Waals surface area contributed by atoms with Crippen molar-refractivity contribution in [2.75, 3.05) is 11.6 Å². The van der Waals surface area contributed by atoms with Crippen LogP contribution in [0, 0.1) is 5.92 Å². The van der Waals surface area contributed by atoms with Gasteiger partial charge in [0.05, 0.1) is 10.9 Å². The van der Waals surface area contributed by atoms with Gasteiger partial charge in [0, 0.05) is 22.5 Å². The molecule has 4 rings (SSSR count). The van der Waals surface area contributed by atoms with Crippen molar-refractivity contribution in [2.45, 2.75) is 48.1 Å². The highest BCUT2D eigenvalue weighted by atomic mass is 32.2. The van der Waals surface area contributed by atoms with Crippen LogP contribution in [0.5, 0.6) is 0 Å². The molecule has 148 valence electrons. The molecule has 1 heterocycles. The van der Waals surface area contributed by atoms with Crippen LogP contribution < -0.4 is 10.0 Å². The molecule has 0 saturated heterocycles. The van der Waals surface area contributed by atoms with Gasteiger partial charge in [0.1, 0.15) is 0 Å². The maximum atomic E-state index is 12.6. The Labute approximate surface area is 171 Å². The number of anilines is 1. The zero-order valence-corrected chi connectivity index (χ0v) is 18.0. The predicted molar refractivity (Wildman–Crippen MR) is 116 cm³/mol. The molecule has 3 unspecified atom stereocenters. The van der Waals surface area contributed by atoms with E-state index in [4.69, 9.17) is 0 Å². The number of hydrogen-bond acceptors (Lipinski definition) is 4. The molecule has 3 atom stereocenters. The van der Waals surface area contributed by atoms with Crippen LogP contribution in [-0.2, 0) is 10.0 Å². The molecule has 0 aromatic heterocycles. The molecule has 2 aromatic rings. The molecule has 0 saturated carbocycles. The fourth-order valence-corrected chi connectivity index (χ4v) is 5.95. The van der Waals surface area contributed by atoms with Crippen molar-refractivity contribution < 1.29 is 8.42 Å². The highest BCUT2D eigenvalue weighted by Gasteiger charge is 2.38. The van der Waals surface area contributed by atoms with Gasteiger partial charge in [-0.2, -0.15) is 0 Å². The minimum absolute atomic E-state index is 0.132. The van der Waals surface area contributed by atoms with Crippen molar-refractivity contribution in [3.8, 4) is 0 Å². The number of rotatable bonds is 5. The first-order valence-electron chi connectivity index (χ1n) is 9.62. The van der Waals surface area contributed by atoms with E-state index in [1.54, 1.807) is 17.8 Å². The Bertz CT molecular complexity index is 998. The summed E-state index contributed by atoms with van der Waals surface area (Å²) >= 11 is 1.74. The van der Waals surface area contributed by atoms with Crippen LogP contribution in [-0.4, -0.2) is 20.7 Å². The van der Waals surface area contributed by atoms with Gasteiger partial charge in [-0.1, -0.05) is 24.3 Å². The van der Waals surface area contributed by atoms with Crippen LogP contribution in [0.25, 0.3) is 0 Å². The third-order valence-electron chi connectivity index (χ3n) is 5.51. The molecular formula is C22H26N2O2S2. The molecule has 0 spiro atoms. The number of fused-ring (bicyclic) bond motifs is 3. The number of thioether (sulfide) groups is 1. The zero-order chi connectivity index (χ0) is 19.9. The molecule has 1 aliphatic heterocycles. The van der Waals surface area contributed by atoms with Crippen LogP contribution in [0.2, 0.25) is 0 Å². The molecule has 0 amide bonds. The van der Waals surface area contributed by atoms with Gasteiger partial charge >= 0.3 is 0 Å². The van der Waals surface area contributed by atoms with Crippen molar-refractivity contribution in [2.24, 2.45) is 5.92 Å². The fourth-order valence-electron chi connectivity index (χ4n) is 4.26. The number of nitrogens with one attached hydrogen (secondary N) is 2. The first kappa shape index (κ1) is 19.6. The Morgan fingerprint density at radius 2 is 1.89 bits per heavy atom. The average molecular weight is 415 g/mol. The molecule has 1 aliphatic carbocycles. The second kappa shape index (κ2) is 7.58.